The van der Waals surface area contributed by atoms with E-state index in [1.165, 1.54) is 13.0 Å². The Morgan fingerprint density at radius 2 is 1.68 bits per heavy atom. The zero-order valence-electron chi connectivity index (χ0n) is 25.2. The van der Waals surface area contributed by atoms with Crippen molar-refractivity contribution in [1.29, 1.82) is 0 Å². The smallest absolute Gasteiger partial charge is 0.303 e. The number of nitrogens with one attached hydrogen (secondary N) is 2. The van der Waals surface area contributed by atoms with E-state index in [0.717, 1.165) is 27.8 Å². The minimum atomic E-state index is -3.12. The molecule has 4 N–H and O–H groups in total. The molecular formula is C32H37CaFN2O7S. The fourth-order valence-electron chi connectivity index (χ4n) is 5.22. The maximum atomic E-state index is 14.5. The molecule has 2 radical (unpaired) electrons. The number of halogens is 1. The Hall–Kier alpha value is -2.70. The molecule has 0 spiro atoms. The Balaban J connectivity index is 0.00000529. The van der Waals surface area contributed by atoms with Crippen LogP contribution in [0.3, 0.4) is 0 Å². The number of aryl methyl sites for hydroxylation is 3. The van der Waals surface area contributed by atoms with E-state index >= 15 is 0 Å². The summed E-state index contributed by atoms with van der Waals surface area (Å²) in [6.07, 6.45) is 0.235. The van der Waals surface area contributed by atoms with E-state index < -0.39 is 27.2 Å². The molecule has 3 aromatic carbocycles. The van der Waals surface area contributed by atoms with Gasteiger partial charge in [-0.25, -0.2) is 12.8 Å². The minimum Gasteiger partial charge on any atom is -0.491 e. The van der Waals surface area contributed by atoms with Gasteiger partial charge in [-0.2, -0.15) is 0 Å². The first-order valence-electron chi connectivity index (χ1n) is 14.1. The average Bonchev–Trinajstić information content (AvgIpc) is 2.92. The maximum absolute atomic E-state index is 14.5. The molecule has 232 valence electrons. The van der Waals surface area contributed by atoms with Crippen LogP contribution in [0.25, 0.3) is 11.1 Å². The third-order valence-electron chi connectivity index (χ3n) is 7.59. The summed E-state index contributed by atoms with van der Waals surface area (Å²) in [5, 5.41) is 25.8. The van der Waals surface area contributed by atoms with Crippen molar-refractivity contribution >= 4 is 70.8 Å². The number of sulfone groups is 1. The molecule has 1 aliphatic heterocycles. The molecule has 1 heterocycles. The van der Waals surface area contributed by atoms with Crippen molar-refractivity contribution in [3.05, 3.63) is 76.6 Å². The van der Waals surface area contributed by atoms with Crippen molar-refractivity contribution in [1.82, 2.24) is 0 Å². The van der Waals surface area contributed by atoms with Gasteiger partial charge in [0.05, 0.1) is 11.5 Å². The van der Waals surface area contributed by atoms with E-state index in [1.54, 1.807) is 12.1 Å². The summed E-state index contributed by atoms with van der Waals surface area (Å²) in [4.78, 5) is 22.8. The molecule has 1 fully saturated rings. The van der Waals surface area contributed by atoms with Gasteiger partial charge in [-0.1, -0.05) is 12.1 Å². The maximum Gasteiger partial charge on any atom is 0.303 e. The monoisotopic (exact) mass is 652 g/mol. The first-order chi connectivity index (χ1) is 20.2. The molecule has 9 nitrogen and oxygen atoms in total. The molecule has 0 unspecified atom stereocenters. The largest absolute Gasteiger partial charge is 0.491 e. The number of carbonyl (C=O) groups is 2. The molecule has 0 saturated carbocycles. The summed E-state index contributed by atoms with van der Waals surface area (Å²) in [7, 11) is -3.12. The van der Waals surface area contributed by atoms with E-state index in [4.69, 9.17) is 9.84 Å². The summed E-state index contributed by atoms with van der Waals surface area (Å²) in [6, 6.07) is 14.0. The molecule has 0 aromatic heterocycles. The first-order valence-corrected chi connectivity index (χ1v) is 15.9. The number of rotatable bonds is 11. The van der Waals surface area contributed by atoms with Crippen LogP contribution in [0.4, 0.5) is 15.8 Å². The molecule has 1 amide bonds. The van der Waals surface area contributed by atoms with Crippen LogP contribution < -0.4 is 15.4 Å². The Morgan fingerprint density at radius 3 is 2.27 bits per heavy atom. The van der Waals surface area contributed by atoms with E-state index in [1.807, 2.05) is 44.2 Å². The fourth-order valence-corrected chi connectivity index (χ4v) is 6.81. The fraction of sp³-hybridized carbons (Fsp3) is 0.375. The third kappa shape index (κ3) is 9.65. The Morgan fingerprint density at radius 1 is 1.02 bits per heavy atom. The van der Waals surface area contributed by atoms with Gasteiger partial charge in [-0.15, -0.1) is 0 Å². The second-order valence-corrected chi connectivity index (χ2v) is 13.5. The summed E-state index contributed by atoms with van der Waals surface area (Å²) in [6.45, 7) is 5.64. The van der Waals surface area contributed by atoms with Gasteiger partial charge < -0.3 is 25.6 Å². The number of hydrogen-bond donors (Lipinski definition) is 4. The van der Waals surface area contributed by atoms with Gasteiger partial charge in [0.1, 0.15) is 23.8 Å². The first kappa shape index (κ1) is 35.8. The van der Waals surface area contributed by atoms with Crippen molar-refractivity contribution < 1.29 is 37.3 Å². The summed E-state index contributed by atoms with van der Waals surface area (Å²) < 4.78 is 44.0. The number of ether oxygens (including phenoxy) is 1. The van der Waals surface area contributed by atoms with Gasteiger partial charge in [0.15, 0.2) is 9.84 Å². The Labute approximate surface area is 287 Å². The Kier molecular flexibility index (Phi) is 12.2. The van der Waals surface area contributed by atoms with Crippen LogP contribution in [0, 0.1) is 19.7 Å². The number of anilines is 2. The van der Waals surface area contributed by atoms with Gasteiger partial charge in [-0.05, 0) is 97.3 Å². The second kappa shape index (κ2) is 15.1. The van der Waals surface area contributed by atoms with E-state index in [-0.39, 0.29) is 87.4 Å². The van der Waals surface area contributed by atoms with Gasteiger partial charge in [0.2, 0.25) is 5.91 Å². The molecule has 4 rings (SSSR count). The van der Waals surface area contributed by atoms with Crippen molar-refractivity contribution in [3.8, 4) is 16.9 Å². The number of carboxylic acid groups (broad SMARTS) is 1. The number of hydrogen-bond acceptors (Lipinski definition) is 7. The van der Waals surface area contributed by atoms with Crippen LogP contribution in [0.1, 0.15) is 48.4 Å². The number of benzene rings is 3. The van der Waals surface area contributed by atoms with E-state index in [9.17, 15) is 27.5 Å². The van der Waals surface area contributed by atoms with Gasteiger partial charge >= 0.3 is 5.97 Å². The topological polar surface area (TPSA) is 142 Å². The van der Waals surface area contributed by atoms with Crippen LogP contribution in [0.5, 0.6) is 5.75 Å². The SMILES string of the molecule is CC(=O)Nc1ccc(CNc2ccc(CCC(=O)O)c(F)c2)cc1-c1c(C)cc(OCC2(O)CCS(=O)(=O)CC2)cc1C.[Ca]. The number of carbonyl (C=O) groups excluding carboxylic acids is 1. The summed E-state index contributed by atoms with van der Waals surface area (Å²) in [5.74, 6) is -1.24. The molecule has 1 saturated heterocycles. The predicted octanol–water partition coefficient (Wildman–Crippen LogP) is 4.63. The van der Waals surface area contributed by atoms with Crippen LogP contribution in [-0.2, 0) is 32.4 Å². The molecule has 44 heavy (non-hydrogen) atoms. The normalized spacial score (nSPS) is 15.1. The number of aliphatic hydroxyl groups is 1. The van der Waals surface area contributed by atoms with Crippen LogP contribution in [0.15, 0.2) is 48.5 Å². The van der Waals surface area contributed by atoms with E-state index in [2.05, 4.69) is 10.6 Å². The standard InChI is InChI=1S/C32H37FN2O7S.Ca/c1-20-14-26(42-19-32(39)10-12-43(40,41)13-11-32)15-21(2)31(20)27-16-23(4-8-29(27)35-22(3)36)18-34-25-7-5-24(28(33)17-25)6-9-30(37)38;/h4-5,7-8,14-17,34,39H,6,9-13,18-19H2,1-3H3,(H,35,36)(H,37,38);. The van der Waals surface area contributed by atoms with Crippen LogP contribution >= 0.6 is 0 Å². The van der Waals surface area contributed by atoms with Crippen molar-refractivity contribution in [2.45, 2.75) is 58.6 Å². The molecule has 3 aromatic rings. The van der Waals surface area contributed by atoms with Crippen molar-refractivity contribution in [2.75, 3.05) is 28.7 Å². The molecule has 0 atom stereocenters. The number of amides is 1. The zero-order chi connectivity index (χ0) is 31.4. The van der Waals surface area contributed by atoms with Crippen molar-refractivity contribution in [3.63, 3.8) is 0 Å². The summed E-state index contributed by atoms with van der Waals surface area (Å²) >= 11 is 0. The third-order valence-corrected chi connectivity index (χ3v) is 9.24. The minimum absolute atomic E-state index is 0. The van der Waals surface area contributed by atoms with Crippen molar-refractivity contribution in [2.24, 2.45) is 0 Å². The number of carboxylic acids is 1. The quantitative estimate of drug-likeness (QED) is 0.220. The molecule has 0 aliphatic carbocycles. The average molecular weight is 653 g/mol. The molecular weight excluding hydrogens is 616 g/mol. The second-order valence-electron chi connectivity index (χ2n) is 11.2. The van der Waals surface area contributed by atoms with Gasteiger partial charge in [0.25, 0.3) is 0 Å². The predicted molar refractivity (Wildman–Crippen MR) is 169 cm³/mol. The van der Waals surface area contributed by atoms with Crippen LogP contribution in [0.2, 0.25) is 0 Å². The molecule has 12 heteroatoms. The van der Waals surface area contributed by atoms with E-state index in [0.29, 0.717) is 29.2 Å². The molecule has 0 bridgehead atoms. The van der Waals surface area contributed by atoms with Gasteiger partial charge in [0, 0.05) is 74.6 Å². The molecule has 1 aliphatic rings. The summed E-state index contributed by atoms with van der Waals surface area (Å²) in [5.41, 5.74) is 4.65. The van der Waals surface area contributed by atoms with Gasteiger partial charge in [-0.3, -0.25) is 9.59 Å². The number of aliphatic carboxylic acids is 1. The Bertz CT molecular complexity index is 1610. The van der Waals surface area contributed by atoms with Crippen LogP contribution in [-0.4, -0.2) is 92.0 Å². The zero-order valence-corrected chi connectivity index (χ0v) is 28.2.